The molecule has 2 unspecified atom stereocenters. The number of hydrogen-bond donors (Lipinski definition) is 1. The summed E-state index contributed by atoms with van der Waals surface area (Å²) in [5.74, 6) is 0. The molecule has 0 amide bonds. The van der Waals surface area contributed by atoms with Gasteiger partial charge in [0, 0.05) is 30.9 Å². The van der Waals surface area contributed by atoms with Crippen LogP contribution in [0.1, 0.15) is 32.6 Å². The Labute approximate surface area is 102 Å². The predicted octanol–water partition coefficient (Wildman–Crippen LogP) is 2.13. The van der Waals surface area contributed by atoms with Crippen LogP contribution in [0.5, 0.6) is 0 Å². The molecule has 6 nitrogen and oxygen atoms in total. The van der Waals surface area contributed by atoms with Crippen molar-refractivity contribution < 1.29 is 4.74 Å². The molecule has 1 aliphatic heterocycles. The highest BCUT2D eigenvalue weighted by atomic mass is 16.5. The van der Waals surface area contributed by atoms with Crippen LogP contribution in [0.25, 0.3) is 10.4 Å². The molecule has 0 aromatic heterocycles. The van der Waals surface area contributed by atoms with Crippen molar-refractivity contribution in [1.82, 2.24) is 5.32 Å². The first-order valence-electron chi connectivity index (χ1n) is 6.05. The van der Waals surface area contributed by atoms with E-state index < -0.39 is 5.54 Å². The fourth-order valence-electron chi connectivity index (χ4n) is 2.04. The van der Waals surface area contributed by atoms with E-state index in [2.05, 4.69) is 28.3 Å². The largest absolute Gasteiger partial charge is 0.378 e. The molecule has 0 spiro atoms. The van der Waals surface area contributed by atoms with E-state index >= 15 is 0 Å². The van der Waals surface area contributed by atoms with Crippen LogP contribution in [0.4, 0.5) is 0 Å². The smallest absolute Gasteiger partial charge is 0.111 e. The number of nitrogens with zero attached hydrogens (tertiary/aromatic N) is 4. The second-order valence-corrected chi connectivity index (χ2v) is 4.28. The van der Waals surface area contributed by atoms with Crippen LogP contribution >= 0.6 is 0 Å². The molecule has 0 aromatic carbocycles. The van der Waals surface area contributed by atoms with E-state index in [-0.39, 0.29) is 6.10 Å². The number of nitriles is 1. The third-order valence-electron chi connectivity index (χ3n) is 3.09. The van der Waals surface area contributed by atoms with Crippen molar-refractivity contribution in [3.63, 3.8) is 0 Å². The minimum absolute atomic E-state index is 0.174. The molecule has 94 valence electrons. The van der Waals surface area contributed by atoms with E-state index in [0.717, 1.165) is 25.7 Å². The van der Waals surface area contributed by atoms with Crippen molar-refractivity contribution in [2.24, 2.45) is 5.11 Å². The first-order valence-corrected chi connectivity index (χ1v) is 6.05. The van der Waals surface area contributed by atoms with Crippen molar-refractivity contribution >= 4 is 0 Å². The van der Waals surface area contributed by atoms with Crippen LogP contribution in [0.3, 0.4) is 0 Å². The SMILES string of the molecule is CCC1CC(C#N)(NCCCN=[N+]=[N-])CCO1. The molecule has 1 N–H and O–H groups in total. The van der Waals surface area contributed by atoms with E-state index in [0.29, 0.717) is 19.7 Å². The topological polar surface area (TPSA) is 93.8 Å². The zero-order valence-electron chi connectivity index (χ0n) is 10.2. The fraction of sp³-hybridized carbons (Fsp3) is 0.909. The molecule has 1 rings (SSSR count). The Balaban J connectivity index is 2.40. The molecule has 6 heteroatoms. The second kappa shape index (κ2) is 7.13. The van der Waals surface area contributed by atoms with Crippen LogP contribution in [0, 0.1) is 11.3 Å². The van der Waals surface area contributed by atoms with Crippen molar-refractivity contribution in [3.05, 3.63) is 10.4 Å². The summed E-state index contributed by atoms with van der Waals surface area (Å²) in [4.78, 5) is 2.70. The number of rotatable bonds is 6. The fourth-order valence-corrected chi connectivity index (χ4v) is 2.04. The first-order chi connectivity index (χ1) is 8.26. The van der Waals surface area contributed by atoms with Crippen LogP contribution in [0.15, 0.2) is 5.11 Å². The van der Waals surface area contributed by atoms with Gasteiger partial charge in [-0.1, -0.05) is 12.0 Å². The third kappa shape index (κ3) is 4.23. The molecule has 2 atom stereocenters. The summed E-state index contributed by atoms with van der Waals surface area (Å²) < 4.78 is 5.57. The van der Waals surface area contributed by atoms with Gasteiger partial charge < -0.3 is 4.74 Å². The Hall–Kier alpha value is -1.28. The predicted molar refractivity (Wildman–Crippen MR) is 64.2 cm³/mol. The molecule has 1 fully saturated rings. The zero-order chi connectivity index (χ0) is 12.6. The monoisotopic (exact) mass is 237 g/mol. The third-order valence-corrected chi connectivity index (χ3v) is 3.09. The summed E-state index contributed by atoms with van der Waals surface area (Å²) in [7, 11) is 0. The lowest BCUT2D eigenvalue weighted by Crippen LogP contribution is -2.51. The Kier molecular flexibility index (Phi) is 5.78. The number of nitrogens with one attached hydrogen (secondary N) is 1. The number of azide groups is 1. The van der Waals surface area contributed by atoms with Crippen molar-refractivity contribution in [1.29, 1.82) is 5.26 Å². The summed E-state index contributed by atoms with van der Waals surface area (Å²) >= 11 is 0. The molecule has 0 radical (unpaired) electrons. The van der Waals surface area contributed by atoms with Gasteiger partial charge in [0.2, 0.25) is 0 Å². The Bertz CT molecular complexity index is 320. The van der Waals surface area contributed by atoms with Gasteiger partial charge in [-0.3, -0.25) is 5.32 Å². The molecule has 0 saturated carbocycles. The van der Waals surface area contributed by atoms with E-state index in [1.165, 1.54) is 0 Å². The average molecular weight is 237 g/mol. The minimum Gasteiger partial charge on any atom is -0.378 e. The lowest BCUT2D eigenvalue weighted by molar-refractivity contribution is -0.0156. The van der Waals surface area contributed by atoms with Crippen molar-refractivity contribution in [3.8, 4) is 6.07 Å². The van der Waals surface area contributed by atoms with Crippen LogP contribution in [-0.2, 0) is 4.74 Å². The maximum atomic E-state index is 9.31. The molecule has 1 heterocycles. The average Bonchev–Trinajstić information content (AvgIpc) is 2.39. The van der Waals surface area contributed by atoms with Gasteiger partial charge in [-0.15, -0.1) is 0 Å². The zero-order valence-corrected chi connectivity index (χ0v) is 10.2. The Morgan fingerprint density at radius 1 is 1.71 bits per heavy atom. The van der Waals surface area contributed by atoms with Gasteiger partial charge in [0.1, 0.15) is 5.54 Å². The van der Waals surface area contributed by atoms with E-state index in [1.54, 1.807) is 0 Å². The van der Waals surface area contributed by atoms with Crippen LogP contribution < -0.4 is 5.32 Å². The Morgan fingerprint density at radius 3 is 3.18 bits per heavy atom. The quantitative estimate of drug-likeness (QED) is 0.332. The van der Waals surface area contributed by atoms with Crippen molar-refractivity contribution in [2.75, 3.05) is 19.7 Å². The molecule has 17 heavy (non-hydrogen) atoms. The summed E-state index contributed by atoms with van der Waals surface area (Å²) in [5.41, 5.74) is 7.68. The highest BCUT2D eigenvalue weighted by molar-refractivity contribution is 5.09. The maximum absolute atomic E-state index is 9.31. The molecule has 1 saturated heterocycles. The van der Waals surface area contributed by atoms with Gasteiger partial charge in [0.25, 0.3) is 0 Å². The summed E-state index contributed by atoms with van der Waals surface area (Å²) in [6.45, 7) is 3.87. The molecular formula is C11H19N5O. The van der Waals surface area contributed by atoms with Gasteiger partial charge in [-0.05, 0) is 24.9 Å². The maximum Gasteiger partial charge on any atom is 0.111 e. The van der Waals surface area contributed by atoms with Crippen LogP contribution in [0.2, 0.25) is 0 Å². The normalized spacial score (nSPS) is 28.1. The van der Waals surface area contributed by atoms with Gasteiger partial charge in [-0.2, -0.15) is 5.26 Å². The van der Waals surface area contributed by atoms with Gasteiger partial charge in [0.15, 0.2) is 0 Å². The highest BCUT2D eigenvalue weighted by Gasteiger charge is 2.35. The number of ether oxygens (including phenoxy) is 1. The summed E-state index contributed by atoms with van der Waals surface area (Å²) in [5, 5.41) is 16.1. The molecule has 1 aliphatic rings. The van der Waals surface area contributed by atoms with E-state index in [4.69, 9.17) is 10.3 Å². The standard InChI is InChI=1S/C11H19N5O/c1-2-10-8-11(9-12,4-7-17-10)14-5-3-6-15-16-13/h10,14H,2-8H2,1H3. The van der Waals surface area contributed by atoms with Gasteiger partial charge >= 0.3 is 0 Å². The second-order valence-electron chi connectivity index (χ2n) is 4.28. The van der Waals surface area contributed by atoms with Crippen molar-refractivity contribution in [2.45, 2.75) is 44.2 Å². The van der Waals surface area contributed by atoms with Gasteiger partial charge in [0.05, 0.1) is 12.2 Å². The lowest BCUT2D eigenvalue weighted by atomic mass is 9.87. The summed E-state index contributed by atoms with van der Waals surface area (Å²) in [6.07, 6.45) is 3.32. The van der Waals surface area contributed by atoms with E-state index in [1.807, 2.05) is 0 Å². The minimum atomic E-state index is -0.463. The summed E-state index contributed by atoms with van der Waals surface area (Å²) in [6, 6.07) is 2.38. The number of hydrogen-bond acceptors (Lipinski definition) is 4. The highest BCUT2D eigenvalue weighted by Crippen LogP contribution is 2.25. The Morgan fingerprint density at radius 2 is 2.53 bits per heavy atom. The lowest BCUT2D eigenvalue weighted by Gasteiger charge is -2.36. The molecule has 0 bridgehead atoms. The van der Waals surface area contributed by atoms with Crippen LogP contribution in [-0.4, -0.2) is 31.3 Å². The van der Waals surface area contributed by atoms with E-state index in [9.17, 15) is 5.26 Å². The molecule has 0 aromatic rings. The molecular weight excluding hydrogens is 218 g/mol. The molecule has 0 aliphatic carbocycles. The first kappa shape index (κ1) is 13.8. The van der Waals surface area contributed by atoms with Gasteiger partial charge in [-0.25, -0.2) is 0 Å².